The molecule has 1 heterocycles. The van der Waals surface area contributed by atoms with Crippen molar-refractivity contribution >= 4 is 5.97 Å². The highest BCUT2D eigenvalue weighted by molar-refractivity contribution is 5.76. The van der Waals surface area contributed by atoms with Crippen molar-refractivity contribution in [2.45, 2.75) is 12.2 Å². The van der Waals surface area contributed by atoms with Crippen LogP contribution in [0.3, 0.4) is 0 Å². The summed E-state index contributed by atoms with van der Waals surface area (Å²) in [6, 6.07) is 3.49. The van der Waals surface area contributed by atoms with E-state index >= 15 is 0 Å². The molecule has 1 aromatic rings. The van der Waals surface area contributed by atoms with Crippen LogP contribution in [-0.2, 0) is 15.7 Å². The molecule has 1 saturated heterocycles. The minimum absolute atomic E-state index is 0.227. The van der Waals surface area contributed by atoms with Crippen molar-refractivity contribution < 1.29 is 27.8 Å². The van der Waals surface area contributed by atoms with Gasteiger partial charge in [-0.2, -0.15) is 13.2 Å². The molecule has 1 atom stereocenters. The number of aliphatic carboxylic acids is 1. The Hall–Kier alpha value is -1.60. The van der Waals surface area contributed by atoms with Crippen molar-refractivity contribution in [3.05, 3.63) is 35.4 Å². The Balaban J connectivity index is 2.42. The molecule has 0 aromatic heterocycles. The van der Waals surface area contributed by atoms with E-state index in [-0.39, 0.29) is 5.56 Å². The Kier molecular flexibility index (Phi) is 4.29. The molecule has 1 N–H and O–H groups in total. The van der Waals surface area contributed by atoms with Crippen LogP contribution in [0.15, 0.2) is 24.3 Å². The molecule has 1 aromatic carbocycles. The minimum Gasteiger partial charge on any atom is -0.480 e. The van der Waals surface area contributed by atoms with E-state index in [1.165, 1.54) is 23.1 Å². The summed E-state index contributed by atoms with van der Waals surface area (Å²) in [6.45, 7) is 1.22. The van der Waals surface area contributed by atoms with Crippen molar-refractivity contribution in [1.82, 2.24) is 4.90 Å². The zero-order chi connectivity index (χ0) is 14.8. The van der Waals surface area contributed by atoms with Crippen LogP contribution in [0, 0.1) is 0 Å². The van der Waals surface area contributed by atoms with E-state index in [0.717, 1.165) is 6.07 Å². The summed E-state index contributed by atoms with van der Waals surface area (Å²) >= 11 is 0. The molecule has 0 aliphatic carbocycles. The van der Waals surface area contributed by atoms with Gasteiger partial charge in [-0.25, -0.2) is 0 Å². The molecule has 110 valence electrons. The summed E-state index contributed by atoms with van der Waals surface area (Å²) in [5, 5.41) is 9.32. The van der Waals surface area contributed by atoms with Gasteiger partial charge in [0, 0.05) is 13.1 Å². The normalized spacial score (nSPS) is 18.8. The Morgan fingerprint density at radius 1 is 1.25 bits per heavy atom. The lowest BCUT2D eigenvalue weighted by Gasteiger charge is -2.33. The maximum absolute atomic E-state index is 13.0. The smallest absolute Gasteiger partial charge is 0.416 e. The summed E-state index contributed by atoms with van der Waals surface area (Å²) in [6.07, 6.45) is -4.57. The van der Waals surface area contributed by atoms with Crippen molar-refractivity contribution in [2.75, 3.05) is 26.3 Å². The van der Waals surface area contributed by atoms with Gasteiger partial charge >= 0.3 is 12.1 Å². The lowest BCUT2D eigenvalue weighted by molar-refractivity contribution is -0.147. The molecule has 0 amide bonds. The summed E-state index contributed by atoms with van der Waals surface area (Å²) in [4.78, 5) is 12.9. The number of rotatable bonds is 3. The van der Waals surface area contributed by atoms with Gasteiger partial charge in [0.05, 0.1) is 18.8 Å². The van der Waals surface area contributed by atoms with E-state index in [1.807, 2.05) is 0 Å². The Morgan fingerprint density at radius 2 is 1.85 bits per heavy atom. The quantitative estimate of drug-likeness (QED) is 0.926. The molecule has 20 heavy (non-hydrogen) atoms. The van der Waals surface area contributed by atoms with Gasteiger partial charge in [-0.3, -0.25) is 9.69 Å². The van der Waals surface area contributed by atoms with E-state index in [2.05, 4.69) is 0 Å². The van der Waals surface area contributed by atoms with Crippen molar-refractivity contribution in [3.63, 3.8) is 0 Å². The molecule has 1 aliphatic heterocycles. The Morgan fingerprint density at radius 3 is 2.40 bits per heavy atom. The van der Waals surface area contributed by atoms with Crippen LogP contribution in [0.2, 0.25) is 0 Å². The number of carbonyl (C=O) groups is 1. The molecular weight excluding hydrogens is 275 g/mol. The van der Waals surface area contributed by atoms with Crippen LogP contribution in [0.4, 0.5) is 13.2 Å². The second kappa shape index (κ2) is 5.80. The third-order valence-electron chi connectivity index (χ3n) is 3.21. The molecule has 0 bridgehead atoms. The fourth-order valence-corrected chi connectivity index (χ4v) is 2.32. The van der Waals surface area contributed by atoms with Gasteiger partial charge in [0.15, 0.2) is 0 Å². The standard InChI is InChI=1S/C13H14F3NO3/c14-13(15,16)10-4-2-1-3-9(10)11(12(18)19)17-5-7-20-8-6-17/h1-4,11H,5-8H2,(H,18,19). The van der Waals surface area contributed by atoms with Crippen LogP contribution in [0.25, 0.3) is 0 Å². The van der Waals surface area contributed by atoms with Crippen molar-refractivity contribution in [3.8, 4) is 0 Å². The van der Waals surface area contributed by atoms with Crippen LogP contribution in [0.5, 0.6) is 0 Å². The van der Waals surface area contributed by atoms with Crippen LogP contribution in [0.1, 0.15) is 17.2 Å². The number of halogens is 3. The van der Waals surface area contributed by atoms with Crippen LogP contribution < -0.4 is 0 Å². The summed E-state index contributed by atoms with van der Waals surface area (Å²) in [7, 11) is 0. The highest BCUT2D eigenvalue weighted by Gasteiger charge is 2.39. The second-order valence-electron chi connectivity index (χ2n) is 4.47. The highest BCUT2D eigenvalue weighted by Crippen LogP contribution is 2.36. The van der Waals surface area contributed by atoms with Crippen molar-refractivity contribution in [2.24, 2.45) is 0 Å². The second-order valence-corrected chi connectivity index (χ2v) is 4.47. The number of hydrogen-bond acceptors (Lipinski definition) is 3. The molecular formula is C13H14F3NO3. The topological polar surface area (TPSA) is 49.8 Å². The first-order valence-corrected chi connectivity index (χ1v) is 6.12. The first-order chi connectivity index (χ1) is 9.41. The largest absolute Gasteiger partial charge is 0.480 e. The number of alkyl halides is 3. The monoisotopic (exact) mass is 289 g/mol. The number of nitrogens with zero attached hydrogens (tertiary/aromatic N) is 1. The van der Waals surface area contributed by atoms with Gasteiger partial charge in [-0.15, -0.1) is 0 Å². The zero-order valence-electron chi connectivity index (χ0n) is 10.6. The number of benzene rings is 1. The first kappa shape index (κ1) is 14.8. The maximum Gasteiger partial charge on any atom is 0.416 e. The van der Waals surface area contributed by atoms with Gasteiger partial charge in [-0.05, 0) is 11.6 Å². The third-order valence-corrected chi connectivity index (χ3v) is 3.21. The SMILES string of the molecule is O=C(O)C(c1ccccc1C(F)(F)F)N1CCOCC1. The number of ether oxygens (including phenoxy) is 1. The number of morpholine rings is 1. The molecule has 1 unspecified atom stereocenters. The summed E-state index contributed by atoms with van der Waals surface area (Å²) < 4.78 is 44.1. The van der Waals surface area contributed by atoms with Gasteiger partial charge in [0.25, 0.3) is 0 Å². The average Bonchev–Trinajstić information content (AvgIpc) is 2.39. The molecule has 1 fully saturated rings. The van der Waals surface area contributed by atoms with Gasteiger partial charge in [0.2, 0.25) is 0 Å². The summed E-state index contributed by atoms with van der Waals surface area (Å²) in [5.41, 5.74) is -1.13. The molecule has 0 spiro atoms. The van der Waals surface area contributed by atoms with E-state index in [0.29, 0.717) is 26.3 Å². The van der Waals surface area contributed by atoms with E-state index in [4.69, 9.17) is 4.74 Å². The van der Waals surface area contributed by atoms with Crippen LogP contribution >= 0.6 is 0 Å². The molecule has 7 heteroatoms. The molecule has 2 rings (SSSR count). The summed E-state index contributed by atoms with van der Waals surface area (Å²) in [5.74, 6) is -1.29. The number of carboxylic acid groups (broad SMARTS) is 1. The predicted octanol–water partition coefficient (Wildman–Crippen LogP) is 2.16. The van der Waals surface area contributed by atoms with Crippen LogP contribution in [-0.4, -0.2) is 42.3 Å². The fourth-order valence-electron chi connectivity index (χ4n) is 2.32. The molecule has 4 nitrogen and oxygen atoms in total. The third kappa shape index (κ3) is 3.10. The Bertz CT molecular complexity index is 484. The van der Waals surface area contributed by atoms with Gasteiger partial charge in [0.1, 0.15) is 6.04 Å². The van der Waals surface area contributed by atoms with E-state index in [9.17, 15) is 23.1 Å². The lowest BCUT2D eigenvalue weighted by Crippen LogP contribution is -2.42. The van der Waals surface area contributed by atoms with E-state index in [1.54, 1.807) is 0 Å². The zero-order valence-corrected chi connectivity index (χ0v) is 10.6. The Labute approximate surface area is 113 Å². The van der Waals surface area contributed by atoms with E-state index < -0.39 is 23.8 Å². The minimum atomic E-state index is -4.57. The van der Waals surface area contributed by atoms with Gasteiger partial charge < -0.3 is 9.84 Å². The predicted molar refractivity (Wildman–Crippen MR) is 64.2 cm³/mol. The molecule has 0 saturated carbocycles. The number of carboxylic acids is 1. The molecule has 1 aliphatic rings. The average molecular weight is 289 g/mol. The fraction of sp³-hybridized carbons (Fsp3) is 0.462. The maximum atomic E-state index is 13.0. The number of hydrogen-bond donors (Lipinski definition) is 1. The van der Waals surface area contributed by atoms with Gasteiger partial charge in [-0.1, -0.05) is 18.2 Å². The highest BCUT2D eigenvalue weighted by atomic mass is 19.4. The lowest BCUT2D eigenvalue weighted by atomic mass is 9.98. The first-order valence-electron chi connectivity index (χ1n) is 6.12. The molecule has 0 radical (unpaired) electrons. The van der Waals surface area contributed by atoms with Crippen molar-refractivity contribution in [1.29, 1.82) is 0 Å².